The van der Waals surface area contributed by atoms with Gasteiger partial charge in [0.2, 0.25) is 0 Å². The highest BCUT2D eigenvalue weighted by Gasteiger charge is 2.25. The number of benzene rings is 1. The van der Waals surface area contributed by atoms with E-state index in [1.54, 1.807) is 19.4 Å². The van der Waals surface area contributed by atoms with Gasteiger partial charge >= 0.3 is 5.97 Å². The molecular weight excluding hydrogens is 344 g/mol. The van der Waals surface area contributed by atoms with Crippen LogP contribution in [0.3, 0.4) is 0 Å². The molecule has 0 saturated carbocycles. The summed E-state index contributed by atoms with van der Waals surface area (Å²) >= 11 is 0. The third-order valence-corrected chi connectivity index (χ3v) is 4.56. The lowest BCUT2D eigenvalue weighted by Crippen LogP contribution is -2.46. The molecule has 1 aromatic carbocycles. The molecule has 0 N–H and O–H groups in total. The Kier molecular flexibility index (Phi) is 5.97. The van der Waals surface area contributed by atoms with Gasteiger partial charge in [-0.2, -0.15) is 0 Å². The zero-order valence-electron chi connectivity index (χ0n) is 16.5. The van der Waals surface area contributed by atoms with Gasteiger partial charge < -0.3 is 19.1 Å². The smallest absolute Gasteiger partial charge is 0.339 e. The summed E-state index contributed by atoms with van der Waals surface area (Å²) in [6.07, 6.45) is 2.54. The summed E-state index contributed by atoms with van der Waals surface area (Å²) < 4.78 is 16.5. The molecule has 6 nitrogen and oxygen atoms in total. The molecule has 2 heterocycles. The first kappa shape index (κ1) is 19.6. The van der Waals surface area contributed by atoms with Gasteiger partial charge in [-0.25, -0.2) is 4.79 Å². The molecule has 27 heavy (non-hydrogen) atoms. The van der Waals surface area contributed by atoms with Crippen molar-refractivity contribution >= 4 is 22.6 Å². The second-order valence-corrected chi connectivity index (χ2v) is 7.77. The van der Waals surface area contributed by atoms with Gasteiger partial charge in [0, 0.05) is 37.5 Å². The van der Waals surface area contributed by atoms with Crippen LogP contribution in [0, 0.1) is 0 Å². The van der Waals surface area contributed by atoms with Crippen molar-refractivity contribution in [3.8, 4) is 0 Å². The number of ether oxygens (including phenoxy) is 3. The summed E-state index contributed by atoms with van der Waals surface area (Å²) in [6, 6.07) is 8.02. The predicted octanol–water partition coefficient (Wildman–Crippen LogP) is 3.43. The van der Waals surface area contributed by atoms with E-state index in [9.17, 15) is 4.79 Å². The molecule has 0 amide bonds. The van der Waals surface area contributed by atoms with Crippen molar-refractivity contribution in [1.82, 2.24) is 4.98 Å². The molecule has 2 aromatic rings. The van der Waals surface area contributed by atoms with Crippen molar-refractivity contribution in [3.63, 3.8) is 0 Å². The minimum atomic E-state index is -0.542. The zero-order valence-corrected chi connectivity index (χ0v) is 16.5. The lowest BCUT2D eigenvalue weighted by Gasteiger charge is -2.37. The fraction of sp³-hybridized carbons (Fsp3) is 0.524. The summed E-state index contributed by atoms with van der Waals surface area (Å²) in [4.78, 5) is 19.4. The van der Waals surface area contributed by atoms with Crippen LogP contribution in [0.2, 0.25) is 0 Å². The molecule has 1 saturated heterocycles. The Morgan fingerprint density at radius 3 is 2.89 bits per heavy atom. The maximum Gasteiger partial charge on any atom is 0.339 e. The lowest BCUT2D eigenvalue weighted by molar-refractivity contribution is 0.00717. The number of carbonyl (C=O) groups is 1. The molecule has 146 valence electrons. The van der Waals surface area contributed by atoms with E-state index in [2.05, 4.69) is 16.0 Å². The van der Waals surface area contributed by atoms with Crippen LogP contribution in [0.4, 0.5) is 5.69 Å². The Hall–Kier alpha value is -2.18. The van der Waals surface area contributed by atoms with E-state index in [4.69, 9.17) is 14.2 Å². The second kappa shape index (κ2) is 8.23. The number of pyridine rings is 1. The Morgan fingerprint density at radius 1 is 1.33 bits per heavy atom. The fourth-order valence-corrected chi connectivity index (χ4v) is 3.31. The molecule has 1 unspecified atom stereocenters. The molecule has 0 aliphatic carbocycles. The van der Waals surface area contributed by atoms with Crippen LogP contribution < -0.4 is 4.90 Å². The number of aromatic nitrogens is 1. The first-order valence-corrected chi connectivity index (χ1v) is 9.34. The number of nitrogens with zero attached hydrogens (tertiary/aromatic N) is 2. The van der Waals surface area contributed by atoms with Crippen LogP contribution in [-0.4, -0.2) is 56.1 Å². The first-order valence-electron chi connectivity index (χ1n) is 9.34. The third-order valence-electron chi connectivity index (χ3n) is 4.56. The minimum Gasteiger partial charge on any atom is -0.456 e. The number of methoxy groups -OCH3 is 1. The van der Waals surface area contributed by atoms with Gasteiger partial charge in [0.25, 0.3) is 0 Å². The normalized spacial score (nSPS) is 17.9. The van der Waals surface area contributed by atoms with Gasteiger partial charge in [0.15, 0.2) is 0 Å². The number of hydrogen-bond acceptors (Lipinski definition) is 6. The Bertz CT molecular complexity index is 800. The molecule has 1 aliphatic rings. The van der Waals surface area contributed by atoms with Crippen LogP contribution in [0.5, 0.6) is 0 Å². The van der Waals surface area contributed by atoms with E-state index in [-0.39, 0.29) is 12.0 Å². The van der Waals surface area contributed by atoms with E-state index < -0.39 is 5.60 Å². The summed E-state index contributed by atoms with van der Waals surface area (Å²) in [7, 11) is 1.71. The number of hydrogen-bond donors (Lipinski definition) is 0. The van der Waals surface area contributed by atoms with Crippen LogP contribution >= 0.6 is 0 Å². The fourth-order valence-electron chi connectivity index (χ4n) is 3.31. The average molecular weight is 372 g/mol. The summed E-state index contributed by atoms with van der Waals surface area (Å²) in [5.41, 5.74) is 1.84. The number of morpholine rings is 1. The Balaban J connectivity index is 1.95. The quantitative estimate of drug-likeness (QED) is 0.750. The molecule has 0 bridgehead atoms. The molecule has 6 heteroatoms. The largest absolute Gasteiger partial charge is 0.456 e. The number of rotatable bonds is 5. The molecule has 0 spiro atoms. The highest BCUT2D eigenvalue weighted by Crippen LogP contribution is 2.28. The van der Waals surface area contributed by atoms with Crippen molar-refractivity contribution in [1.29, 1.82) is 0 Å². The van der Waals surface area contributed by atoms with Gasteiger partial charge in [-0.1, -0.05) is 0 Å². The van der Waals surface area contributed by atoms with Gasteiger partial charge in [0.05, 0.1) is 30.3 Å². The van der Waals surface area contributed by atoms with Crippen LogP contribution in [0.15, 0.2) is 30.5 Å². The summed E-state index contributed by atoms with van der Waals surface area (Å²) in [5, 5.41) is 0.807. The van der Waals surface area contributed by atoms with Crippen molar-refractivity contribution in [2.75, 3.05) is 38.4 Å². The Labute approximate surface area is 160 Å². The van der Waals surface area contributed by atoms with Gasteiger partial charge in [-0.05, 0) is 51.5 Å². The Morgan fingerprint density at radius 2 is 2.15 bits per heavy atom. The highest BCUT2D eigenvalue weighted by atomic mass is 16.6. The number of fused-ring (bicyclic) bond motifs is 1. The highest BCUT2D eigenvalue weighted by molar-refractivity contribution is 6.04. The van der Waals surface area contributed by atoms with Crippen molar-refractivity contribution < 1.29 is 19.0 Å². The maximum atomic E-state index is 12.7. The van der Waals surface area contributed by atoms with Gasteiger partial charge in [-0.15, -0.1) is 0 Å². The lowest BCUT2D eigenvalue weighted by atomic mass is 10.1. The number of esters is 1. The van der Waals surface area contributed by atoms with Crippen molar-refractivity contribution in [2.24, 2.45) is 0 Å². The SMILES string of the molecule is COCCC1COCCN1c1ccc2nccc(C(=O)OC(C)(C)C)c2c1. The monoisotopic (exact) mass is 372 g/mol. The third kappa shape index (κ3) is 4.76. The van der Waals surface area contributed by atoms with Gasteiger partial charge in [0.1, 0.15) is 5.60 Å². The minimum absolute atomic E-state index is 0.248. The van der Waals surface area contributed by atoms with E-state index in [1.807, 2.05) is 32.9 Å². The molecule has 1 aromatic heterocycles. The standard InChI is InChI=1S/C21H28N2O4/c1-21(2,3)27-20(24)17-7-9-22-19-6-5-15(13-18(17)19)23-10-12-26-14-16(23)8-11-25-4/h5-7,9,13,16H,8,10-12,14H2,1-4H3. The number of carbonyl (C=O) groups excluding carboxylic acids is 1. The second-order valence-electron chi connectivity index (χ2n) is 7.77. The van der Waals surface area contributed by atoms with E-state index in [0.29, 0.717) is 25.4 Å². The van der Waals surface area contributed by atoms with Crippen LogP contribution in [0.1, 0.15) is 37.6 Å². The van der Waals surface area contributed by atoms with Gasteiger partial charge in [-0.3, -0.25) is 4.98 Å². The topological polar surface area (TPSA) is 60.9 Å². The van der Waals surface area contributed by atoms with Crippen molar-refractivity contribution in [3.05, 3.63) is 36.0 Å². The van der Waals surface area contributed by atoms with Crippen LogP contribution in [0.25, 0.3) is 10.9 Å². The number of anilines is 1. The summed E-state index contributed by atoms with van der Waals surface area (Å²) in [5.74, 6) is -0.329. The zero-order chi connectivity index (χ0) is 19.4. The molecule has 1 aliphatic heterocycles. The molecule has 1 atom stereocenters. The predicted molar refractivity (Wildman–Crippen MR) is 105 cm³/mol. The molecule has 1 fully saturated rings. The van der Waals surface area contributed by atoms with E-state index >= 15 is 0 Å². The first-order chi connectivity index (χ1) is 12.9. The van der Waals surface area contributed by atoms with E-state index in [1.165, 1.54) is 0 Å². The van der Waals surface area contributed by atoms with E-state index in [0.717, 1.165) is 29.6 Å². The summed E-state index contributed by atoms with van der Waals surface area (Å²) in [6.45, 7) is 8.46. The maximum absolute atomic E-state index is 12.7. The molecule has 3 rings (SSSR count). The van der Waals surface area contributed by atoms with Crippen LogP contribution in [-0.2, 0) is 14.2 Å². The molecular formula is C21H28N2O4. The molecule has 0 radical (unpaired) electrons. The average Bonchev–Trinajstić information content (AvgIpc) is 2.64. The van der Waals surface area contributed by atoms with Crippen molar-refractivity contribution in [2.45, 2.75) is 38.8 Å².